The molecule has 4 rings (SSSR count). The van der Waals surface area contributed by atoms with E-state index in [1.807, 2.05) is 6.07 Å². The van der Waals surface area contributed by atoms with Gasteiger partial charge in [0.05, 0.1) is 35.8 Å². The van der Waals surface area contributed by atoms with Gasteiger partial charge in [0.25, 0.3) is 0 Å². The molecule has 0 bridgehead atoms. The third-order valence-corrected chi connectivity index (χ3v) is 4.68. The number of aliphatic hydroxyl groups is 1. The van der Waals surface area contributed by atoms with Gasteiger partial charge < -0.3 is 15.9 Å². The maximum atomic E-state index is 11.0. The molecule has 1 atom stereocenters. The van der Waals surface area contributed by atoms with Crippen molar-refractivity contribution in [2.75, 3.05) is 5.73 Å². The van der Waals surface area contributed by atoms with Gasteiger partial charge in [-0.25, -0.2) is 19.4 Å². The van der Waals surface area contributed by atoms with Crippen LogP contribution in [0.1, 0.15) is 22.8 Å². The van der Waals surface area contributed by atoms with Gasteiger partial charge in [-0.2, -0.15) is 5.26 Å². The molecule has 2 aromatic carbocycles. The first-order valence-corrected chi connectivity index (χ1v) is 9.48. The van der Waals surface area contributed by atoms with Crippen LogP contribution in [0, 0.1) is 11.3 Å². The van der Waals surface area contributed by atoms with Gasteiger partial charge in [0, 0.05) is 5.56 Å². The molecule has 0 fully saturated rings. The Hall–Kier alpha value is -4.62. The monoisotopic (exact) mass is 427 g/mol. The molecular weight excluding hydrogens is 410 g/mol. The third-order valence-electron chi connectivity index (χ3n) is 4.68. The van der Waals surface area contributed by atoms with Crippen molar-refractivity contribution in [2.45, 2.75) is 12.6 Å². The first-order valence-electron chi connectivity index (χ1n) is 9.48. The van der Waals surface area contributed by atoms with Crippen LogP contribution in [-0.4, -0.2) is 41.1 Å². The minimum absolute atomic E-state index is 0.0600. The topological polar surface area (TPSA) is 164 Å². The molecular formula is C22H17N7O3. The number of nitrogens with two attached hydrogens (primary N) is 1. The summed E-state index contributed by atoms with van der Waals surface area (Å²) in [4.78, 5) is 19.5. The van der Waals surface area contributed by atoms with Gasteiger partial charge in [0.2, 0.25) is 5.95 Å². The maximum Gasteiger partial charge on any atom is 0.337 e. The van der Waals surface area contributed by atoms with Crippen LogP contribution in [0.3, 0.4) is 0 Å². The predicted molar refractivity (Wildman–Crippen MR) is 114 cm³/mol. The minimum Gasteiger partial charge on any atom is -0.479 e. The van der Waals surface area contributed by atoms with Crippen LogP contribution < -0.4 is 5.73 Å². The summed E-state index contributed by atoms with van der Waals surface area (Å²) in [7, 11) is 0. The zero-order valence-electron chi connectivity index (χ0n) is 16.6. The van der Waals surface area contributed by atoms with Gasteiger partial charge in [0.1, 0.15) is 5.69 Å². The Balaban J connectivity index is 1.60. The molecule has 2 heterocycles. The third kappa shape index (κ3) is 4.43. The molecule has 32 heavy (non-hydrogen) atoms. The zero-order chi connectivity index (χ0) is 22.7. The van der Waals surface area contributed by atoms with Crippen molar-refractivity contribution in [3.63, 3.8) is 0 Å². The van der Waals surface area contributed by atoms with Crippen molar-refractivity contribution in [1.82, 2.24) is 25.0 Å². The Labute approximate surface area is 182 Å². The summed E-state index contributed by atoms with van der Waals surface area (Å²) in [6.07, 6.45) is 0.0839. The highest BCUT2D eigenvalue weighted by Gasteiger charge is 2.16. The highest BCUT2D eigenvalue weighted by molar-refractivity contribution is 5.74. The molecule has 0 aliphatic heterocycles. The summed E-state index contributed by atoms with van der Waals surface area (Å²) < 4.78 is 1.57. The number of aromatic nitrogens is 5. The minimum atomic E-state index is -1.59. The molecule has 10 nitrogen and oxygen atoms in total. The lowest BCUT2D eigenvalue weighted by Gasteiger charge is -2.08. The first kappa shape index (κ1) is 20.6. The number of aliphatic hydroxyl groups excluding tert-OH is 1. The largest absolute Gasteiger partial charge is 0.479 e. The van der Waals surface area contributed by atoms with Crippen LogP contribution in [-0.2, 0) is 11.3 Å². The summed E-state index contributed by atoms with van der Waals surface area (Å²) in [5, 5.41) is 36.1. The van der Waals surface area contributed by atoms with Crippen molar-refractivity contribution in [2.24, 2.45) is 0 Å². The van der Waals surface area contributed by atoms with Crippen molar-refractivity contribution in [3.8, 4) is 28.7 Å². The van der Waals surface area contributed by atoms with Gasteiger partial charge >= 0.3 is 5.97 Å². The summed E-state index contributed by atoms with van der Waals surface area (Å²) in [5.41, 5.74) is 9.63. The highest BCUT2D eigenvalue weighted by atomic mass is 16.4. The molecule has 0 amide bonds. The Morgan fingerprint density at radius 3 is 2.66 bits per heavy atom. The number of nitriles is 1. The fourth-order valence-electron chi connectivity index (χ4n) is 3.18. The molecule has 0 aliphatic rings. The number of carboxylic acid groups (broad SMARTS) is 1. The van der Waals surface area contributed by atoms with Crippen LogP contribution in [0.25, 0.3) is 22.6 Å². The van der Waals surface area contributed by atoms with E-state index in [9.17, 15) is 9.90 Å². The second kappa shape index (κ2) is 8.63. The maximum absolute atomic E-state index is 11.0. The number of hydrogen-bond acceptors (Lipinski definition) is 8. The second-order valence-corrected chi connectivity index (χ2v) is 6.98. The van der Waals surface area contributed by atoms with Crippen molar-refractivity contribution in [1.29, 1.82) is 5.26 Å². The molecule has 10 heteroatoms. The van der Waals surface area contributed by atoms with E-state index in [1.165, 1.54) is 0 Å². The van der Waals surface area contributed by atoms with Crippen molar-refractivity contribution >= 4 is 11.9 Å². The van der Waals surface area contributed by atoms with Gasteiger partial charge in [0.15, 0.2) is 6.10 Å². The smallest absolute Gasteiger partial charge is 0.337 e. The fourth-order valence-corrected chi connectivity index (χ4v) is 3.18. The fraction of sp³-hybridized carbons (Fsp3) is 0.0909. The summed E-state index contributed by atoms with van der Waals surface area (Å²) in [6, 6.07) is 17.4. The van der Waals surface area contributed by atoms with Crippen LogP contribution in [0.2, 0.25) is 0 Å². The van der Waals surface area contributed by atoms with E-state index >= 15 is 0 Å². The summed E-state index contributed by atoms with van der Waals surface area (Å²) in [5.74, 6) is -1.26. The lowest BCUT2D eigenvalue weighted by Crippen LogP contribution is -2.11. The molecule has 0 saturated heterocycles. The Morgan fingerprint density at radius 1 is 1.09 bits per heavy atom. The molecule has 158 valence electrons. The summed E-state index contributed by atoms with van der Waals surface area (Å²) in [6.45, 7) is 0.310. The van der Waals surface area contributed by atoms with Crippen LogP contribution in [0.5, 0.6) is 0 Å². The second-order valence-electron chi connectivity index (χ2n) is 6.98. The first-order chi connectivity index (χ1) is 15.4. The molecule has 0 radical (unpaired) electrons. The van der Waals surface area contributed by atoms with E-state index in [0.717, 1.165) is 11.1 Å². The Kier molecular flexibility index (Phi) is 5.57. The number of hydrogen-bond donors (Lipinski definition) is 3. The van der Waals surface area contributed by atoms with Crippen LogP contribution >= 0.6 is 0 Å². The standard InChI is InChI=1S/C22H17N7O3/c23-10-13-3-1-5-15(7-13)17-9-18(26-22(24)25-17)19-12-29(28-27-19)11-14-4-2-6-16(8-14)20(30)21(31)32/h1-9,12,20,30H,11H2,(H,31,32)(H2,24,25,26). The van der Waals surface area contributed by atoms with Crippen molar-refractivity contribution in [3.05, 3.63) is 77.5 Å². The molecule has 0 aliphatic carbocycles. The quantitative estimate of drug-likeness (QED) is 0.417. The zero-order valence-corrected chi connectivity index (χ0v) is 16.6. The summed E-state index contributed by atoms with van der Waals surface area (Å²) >= 11 is 0. The molecule has 0 saturated carbocycles. The Bertz CT molecular complexity index is 1340. The van der Waals surface area contributed by atoms with E-state index in [4.69, 9.17) is 16.1 Å². The van der Waals surface area contributed by atoms with Crippen LogP contribution in [0.15, 0.2) is 60.8 Å². The number of anilines is 1. The Morgan fingerprint density at radius 2 is 1.88 bits per heavy atom. The van der Waals surface area contributed by atoms with Gasteiger partial charge in [-0.1, -0.05) is 41.6 Å². The van der Waals surface area contributed by atoms with E-state index in [1.54, 1.807) is 59.4 Å². The number of nitrogen functional groups attached to an aromatic ring is 1. The molecule has 1 unspecified atom stereocenters. The van der Waals surface area contributed by atoms with E-state index in [0.29, 0.717) is 29.2 Å². The average molecular weight is 427 g/mol. The predicted octanol–water partition coefficient (Wildman–Crippen LogP) is 2.02. The number of carboxylic acids is 1. The molecule has 4 aromatic rings. The number of carbonyl (C=O) groups is 1. The normalized spacial score (nSPS) is 11.6. The molecule has 4 N–H and O–H groups in total. The van der Waals surface area contributed by atoms with E-state index in [-0.39, 0.29) is 11.5 Å². The lowest BCUT2D eigenvalue weighted by atomic mass is 10.1. The van der Waals surface area contributed by atoms with Gasteiger partial charge in [-0.3, -0.25) is 0 Å². The van der Waals surface area contributed by atoms with Crippen LogP contribution in [0.4, 0.5) is 5.95 Å². The lowest BCUT2D eigenvalue weighted by molar-refractivity contribution is -0.146. The SMILES string of the molecule is N#Cc1cccc(-c2cc(-c3cn(Cc4cccc(C(O)C(=O)O)c4)nn3)nc(N)n2)c1. The van der Waals surface area contributed by atoms with E-state index < -0.39 is 12.1 Å². The number of rotatable bonds is 6. The average Bonchev–Trinajstić information content (AvgIpc) is 3.27. The molecule has 0 spiro atoms. The van der Waals surface area contributed by atoms with Gasteiger partial charge in [-0.15, -0.1) is 5.10 Å². The number of aliphatic carboxylic acids is 1. The van der Waals surface area contributed by atoms with E-state index in [2.05, 4.69) is 26.3 Å². The number of nitrogens with zero attached hydrogens (tertiary/aromatic N) is 6. The molecule has 2 aromatic heterocycles. The highest BCUT2D eigenvalue weighted by Crippen LogP contribution is 2.24. The van der Waals surface area contributed by atoms with Crippen molar-refractivity contribution < 1.29 is 15.0 Å². The number of benzene rings is 2. The van der Waals surface area contributed by atoms with Gasteiger partial charge in [-0.05, 0) is 29.3 Å².